The Balaban J connectivity index is 0.00000243. The number of carbonyl (C=O) groups excluding carboxylic acids is 2. The molecule has 2 heterocycles. The highest BCUT2D eigenvalue weighted by Gasteiger charge is 2.41. The molecule has 144 valence electrons. The van der Waals surface area contributed by atoms with Crippen LogP contribution in [0.15, 0.2) is 24.3 Å². The normalized spacial score (nSPS) is 23.2. The molecular weight excluding hydrogens is 357 g/mol. The minimum absolute atomic E-state index is 0. The summed E-state index contributed by atoms with van der Waals surface area (Å²) in [6, 6.07) is 5.28. The van der Waals surface area contributed by atoms with Crippen LogP contribution in [0.5, 0.6) is 0 Å². The average molecular weight is 384 g/mol. The van der Waals surface area contributed by atoms with Crippen LogP contribution in [-0.4, -0.2) is 47.9 Å². The van der Waals surface area contributed by atoms with Crippen molar-refractivity contribution in [2.24, 2.45) is 5.92 Å². The van der Waals surface area contributed by atoms with Crippen molar-refractivity contribution in [1.29, 1.82) is 0 Å². The molecule has 2 N–H and O–H groups in total. The Morgan fingerprint density at radius 3 is 2.46 bits per heavy atom. The summed E-state index contributed by atoms with van der Waals surface area (Å²) >= 11 is 0. The molecule has 1 aromatic carbocycles. The molecule has 3 unspecified atom stereocenters. The quantitative estimate of drug-likeness (QED) is 0.839. The fraction of sp³-hybridized carbons (Fsp3) is 0.579. The van der Waals surface area contributed by atoms with E-state index in [0.29, 0.717) is 5.56 Å². The van der Waals surface area contributed by atoms with Gasteiger partial charge in [-0.25, -0.2) is 4.39 Å². The first-order valence-electron chi connectivity index (χ1n) is 9.06. The van der Waals surface area contributed by atoms with Crippen molar-refractivity contribution in [3.8, 4) is 0 Å². The first-order valence-corrected chi connectivity index (χ1v) is 9.06. The molecule has 26 heavy (non-hydrogen) atoms. The zero-order chi connectivity index (χ0) is 18.0. The molecule has 2 amide bonds. The van der Waals surface area contributed by atoms with Gasteiger partial charge in [-0.2, -0.15) is 0 Å². The highest BCUT2D eigenvalue weighted by molar-refractivity contribution is 5.97. The van der Waals surface area contributed by atoms with Crippen molar-refractivity contribution in [3.63, 3.8) is 0 Å². The lowest BCUT2D eigenvalue weighted by molar-refractivity contribution is -0.137. The third-order valence-electron chi connectivity index (χ3n) is 5.23. The van der Waals surface area contributed by atoms with Crippen LogP contribution < -0.4 is 10.6 Å². The van der Waals surface area contributed by atoms with Crippen molar-refractivity contribution in [3.05, 3.63) is 35.6 Å². The van der Waals surface area contributed by atoms with Crippen molar-refractivity contribution < 1.29 is 14.0 Å². The van der Waals surface area contributed by atoms with E-state index < -0.39 is 6.04 Å². The number of nitrogens with one attached hydrogen (secondary N) is 2. The Hall–Kier alpha value is -1.66. The minimum atomic E-state index is -0.571. The maximum Gasteiger partial charge on any atom is 0.251 e. The molecule has 0 aliphatic carbocycles. The van der Waals surface area contributed by atoms with Crippen LogP contribution in [0.4, 0.5) is 4.39 Å². The molecule has 0 radical (unpaired) electrons. The number of nitrogens with zero attached hydrogens (tertiary/aromatic N) is 1. The fourth-order valence-electron chi connectivity index (χ4n) is 3.84. The van der Waals surface area contributed by atoms with Gasteiger partial charge in [0, 0.05) is 24.2 Å². The first-order chi connectivity index (χ1) is 12.0. The van der Waals surface area contributed by atoms with Gasteiger partial charge in [0.2, 0.25) is 5.91 Å². The molecule has 2 saturated heterocycles. The lowest BCUT2D eigenvalue weighted by Gasteiger charge is -2.33. The summed E-state index contributed by atoms with van der Waals surface area (Å²) < 4.78 is 13.0. The maximum atomic E-state index is 13.2. The van der Waals surface area contributed by atoms with Crippen LogP contribution in [-0.2, 0) is 4.79 Å². The van der Waals surface area contributed by atoms with E-state index in [1.54, 1.807) is 0 Å². The van der Waals surface area contributed by atoms with E-state index in [1.165, 1.54) is 24.3 Å². The van der Waals surface area contributed by atoms with Gasteiger partial charge in [0.05, 0.1) is 0 Å². The Bertz CT molecular complexity index is 624. The van der Waals surface area contributed by atoms with Crippen molar-refractivity contribution >= 4 is 24.2 Å². The molecule has 3 atom stereocenters. The molecule has 0 spiro atoms. The molecule has 2 aliphatic heterocycles. The highest BCUT2D eigenvalue weighted by atomic mass is 35.5. The summed E-state index contributed by atoms with van der Waals surface area (Å²) in [6.45, 7) is 5.62. The van der Waals surface area contributed by atoms with Crippen LogP contribution in [0.1, 0.15) is 43.5 Å². The summed E-state index contributed by atoms with van der Waals surface area (Å²) in [5, 5.41) is 6.25. The monoisotopic (exact) mass is 383 g/mol. The van der Waals surface area contributed by atoms with Gasteiger partial charge in [-0.3, -0.25) is 9.59 Å². The summed E-state index contributed by atoms with van der Waals surface area (Å²) in [6.07, 6.45) is 3.01. The largest absolute Gasteiger partial charge is 0.340 e. The van der Waals surface area contributed by atoms with E-state index >= 15 is 0 Å². The minimum Gasteiger partial charge on any atom is -0.340 e. The predicted octanol–water partition coefficient (Wildman–Crippen LogP) is 2.35. The number of halogens is 2. The van der Waals surface area contributed by atoms with E-state index in [1.807, 2.05) is 18.7 Å². The molecule has 2 fully saturated rings. The number of fused-ring (bicyclic) bond motifs is 2. The van der Waals surface area contributed by atoms with E-state index in [2.05, 4.69) is 10.6 Å². The molecule has 5 nitrogen and oxygen atoms in total. The molecular formula is C19H27ClFN3O2. The second-order valence-electron chi connectivity index (χ2n) is 7.33. The smallest absolute Gasteiger partial charge is 0.251 e. The molecule has 1 aromatic rings. The van der Waals surface area contributed by atoms with Gasteiger partial charge in [-0.15, -0.1) is 12.4 Å². The highest BCUT2D eigenvalue weighted by Crippen LogP contribution is 2.29. The first kappa shape index (κ1) is 20.6. The number of amides is 2. The topological polar surface area (TPSA) is 61.4 Å². The van der Waals surface area contributed by atoms with Crippen LogP contribution in [0.2, 0.25) is 0 Å². The summed E-state index contributed by atoms with van der Waals surface area (Å²) in [4.78, 5) is 27.7. The Labute approximate surface area is 160 Å². The third kappa shape index (κ3) is 4.35. The Morgan fingerprint density at radius 1 is 1.15 bits per heavy atom. The number of hydrogen-bond acceptors (Lipinski definition) is 3. The van der Waals surface area contributed by atoms with Crippen molar-refractivity contribution in [2.45, 2.75) is 51.2 Å². The lowest BCUT2D eigenvalue weighted by Crippen LogP contribution is -2.55. The van der Waals surface area contributed by atoms with Crippen molar-refractivity contribution in [1.82, 2.24) is 15.5 Å². The van der Waals surface area contributed by atoms with Gasteiger partial charge in [-0.05, 0) is 56.0 Å². The second-order valence-corrected chi connectivity index (χ2v) is 7.33. The molecule has 3 rings (SSSR count). The van der Waals surface area contributed by atoms with Gasteiger partial charge < -0.3 is 15.5 Å². The SMILES string of the molecule is CC(C)C(NC(=O)c1ccc(F)cc1)C(=O)N1C2CCNCC1CC2.Cl. The number of rotatable bonds is 4. The maximum absolute atomic E-state index is 13.2. The average Bonchev–Trinajstić information content (AvgIpc) is 2.85. The predicted molar refractivity (Wildman–Crippen MR) is 101 cm³/mol. The van der Waals surface area contributed by atoms with Gasteiger partial charge in [0.15, 0.2) is 0 Å². The number of benzene rings is 1. The van der Waals surface area contributed by atoms with Crippen LogP contribution in [0.3, 0.4) is 0 Å². The molecule has 0 aromatic heterocycles. The van der Waals surface area contributed by atoms with Crippen LogP contribution in [0, 0.1) is 11.7 Å². The van der Waals surface area contributed by atoms with Gasteiger partial charge in [0.25, 0.3) is 5.91 Å². The third-order valence-corrected chi connectivity index (χ3v) is 5.23. The van der Waals surface area contributed by atoms with Crippen molar-refractivity contribution in [2.75, 3.05) is 13.1 Å². The molecule has 7 heteroatoms. The zero-order valence-electron chi connectivity index (χ0n) is 15.2. The molecule has 2 bridgehead atoms. The number of hydrogen-bond donors (Lipinski definition) is 2. The standard InChI is InChI=1S/C19H26FN3O2.ClH/c1-12(2)17(22-18(24)13-3-5-14(20)6-4-13)19(25)23-15-7-8-16(23)11-21-10-9-15;/h3-6,12,15-17,21H,7-11H2,1-2H3,(H,22,24);1H. The van der Waals surface area contributed by atoms with E-state index in [-0.39, 0.29) is 48.0 Å². The van der Waals surface area contributed by atoms with Crippen LogP contribution in [0.25, 0.3) is 0 Å². The summed E-state index contributed by atoms with van der Waals surface area (Å²) in [5.74, 6) is -0.747. The second kappa shape index (κ2) is 8.82. The number of carbonyl (C=O) groups is 2. The molecule has 2 aliphatic rings. The lowest BCUT2D eigenvalue weighted by atomic mass is 10.0. The fourth-order valence-corrected chi connectivity index (χ4v) is 3.84. The molecule has 0 saturated carbocycles. The van der Waals surface area contributed by atoms with Crippen LogP contribution >= 0.6 is 12.4 Å². The van der Waals surface area contributed by atoms with E-state index in [9.17, 15) is 14.0 Å². The Kier molecular flexibility index (Phi) is 7.01. The van der Waals surface area contributed by atoms with Gasteiger partial charge >= 0.3 is 0 Å². The van der Waals surface area contributed by atoms with E-state index in [4.69, 9.17) is 0 Å². The Morgan fingerprint density at radius 2 is 1.81 bits per heavy atom. The summed E-state index contributed by atoms with van der Waals surface area (Å²) in [5.41, 5.74) is 0.361. The summed E-state index contributed by atoms with van der Waals surface area (Å²) in [7, 11) is 0. The van der Waals surface area contributed by atoms with Gasteiger partial charge in [0.1, 0.15) is 11.9 Å². The van der Waals surface area contributed by atoms with Gasteiger partial charge in [-0.1, -0.05) is 13.8 Å². The zero-order valence-corrected chi connectivity index (χ0v) is 16.0. The van der Waals surface area contributed by atoms with E-state index in [0.717, 1.165) is 32.4 Å².